The third-order valence-electron chi connectivity index (χ3n) is 6.00. The molecule has 0 atom stereocenters. The maximum absolute atomic E-state index is 13.1. The number of rotatable bonds is 7. The fraction of sp³-hybridized carbons (Fsp3) is 0.185. The van der Waals surface area contributed by atoms with E-state index in [0.717, 1.165) is 15.7 Å². The van der Waals surface area contributed by atoms with Crippen molar-refractivity contribution in [3.8, 4) is 11.5 Å². The summed E-state index contributed by atoms with van der Waals surface area (Å²) >= 11 is 4.56. The first-order chi connectivity index (χ1) is 18.4. The van der Waals surface area contributed by atoms with Crippen LogP contribution in [0.25, 0.3) is 11.5 Å². The molecule has 1 aromatic heterocycles. The van der Waals surface area contributed by atoms with Gasteiger partial charge in [-0.2, -0.15) is 0 Å². The summed E-state index contributed by atoms with van der Waals surface area (Å²) in [4.78, 5) is 29.0. The molecule has 2 heterocycles. The minimum absolute atomic E-state index is 0.0920. The minimum Gasteiger partial charge on any atom is -0.411 e. The molecule has 1 aliphatic rings. The fourth-order valence-electron chi connectivity index (χ4n) is 4.00. The Morgan fingerprint density at radius 1 is 0.921 bits per heavy atom. The summed E-state index contributed by atoms with van der Waals surface area (Å²) in [5.74, 6) is -0.0996. The Balaban J connectivity index is 1.08. The van der Waals surface area contributed by atoms with Crippen LogP contribution >= 0.6 is 27.7 Å². The predicted molar refractivity (Wildman–Crippen MR) is 148 cm³/mol. The van der Waals surface area contributed by atoms with Crippen molar-refractivity contribution in [1.82, 2.24) is 15.1 Å². The third-order valence-corrected chi connectivity index (χ3v) is 7.35. The Hall–Kier alpha value is -3.70. The van der Waals surface area contributed by atoms with Crippen LogP contribution in [0, 0.1) is 5.82 Å². The van der Waals surface area contributed by atoms with Crippen molar-refractivity contribution >= 4 is 50.9 Å². The predicted octanol–water partition coefficient (Wildman–Crippen LogP) is 5.33. The number of hydrogen-bond donors (Lipinski definition) is 1. The van der Waals surface area contributed by atoms with E-state index in [1.165, 1.54) is 36.0 Å². The highest BCUT2D eigenvalue weighted by Crippen LogP contribution is 2.25. The molecule has 0 aliphatic carbocycles. The largest absolute Gasteiger partial charge is 0.411 e. The van der Waals surface area contributed by atoms with E-state index in [4.69, 9.17) is 4.42 Å². The maximum atomic E-state index is 13.1. The second-order valence-electron chi connectivity index (χ2n) is 8.55. The van der Waals surface area contributed by atoms with Gasteiger partial charge >= 0.3 is 0 Å². The number of halogens is 2. The Morgan fingerprint density at radius 3 is 2.29 bits per heavy atom. The van der Waals surface area contributed by atoms with Crippen LogP contribution in [0.2, 0.25) is 0 Å². The second kappa shape index (κ2) is 11.8. The van der Waals surface area contributed by atoms with Crippen LogP contribution < -0.4 is 10.2 Å². The van der Waals surface area contributed by atoms with Crippen molar-refractivity contribution in [2.45, 2.75) is 5.22 Å². The number of nitrogens with one attached hydrogen (secondary N) is 1. The summed E-state index contributed by atoms with van der Waals surface area (Å²) in [6.07, 6.45) is 0. The number of anilines is 2. The smallest absolute Gasteiger partial charge is 0.277 e. The fourth-order valence-corrected chi connectivity index (χ4v) is 4.83. The van der Waals surface area contributed by atoms with Crippen molar-refractivity contribution < 1.29 is 18.4 Å². The van der Waals surface area contributed by atoms with Gasteiger partial charge in [0.15, 0.2) is 0 Å². The summed E-state index contributed by atoms with van der Waals surface area (Å²) in [5, 5.41) is 11.2. The van der Waals surface area contributed by atoms with Crippen LogP contribution in [0.5, 0.6) is 0 Å². The Labute approximate surface area is 231 Å². The number of benzene rings is 3. The molecular formula is C27H23BrFN5O3S. The molecule has 1 saturated heterocycles. The monoisotopic (exact) mass is 595 g/mol. The molecule has 0 radical (unpaired) electrons. The number of hydrogen-bond acceptors (Lipinski definition) is 7. The Morgan fingerprint density at radius 2 is 1.61 bits per heavy atom. The molecule has 38 heavy (non-hydrogen) atoms. The summed E-state index contributed by atoms with van der Waals surface area (Å²) in [7, 11) is 0. The quantitative estimate of drug-likeness (QED) is 0.289. The molecule has 194 valence electrons. The number of carbonyl (C=O) groups excluding carboxylic acids is 2. The average molecular weight is 596 g/mol. The van der Waals surface area contributed by atoms with Gasteiger partial charge in [-0.15, -0.1) is 10.2 Å². The second-order valence-corrected chi connectivity index (χ2v) is 10.4. The highest BCUT2D eigenvalue weighted by Gasteiger charge is 2.22. The van der Waals surface area contributed by atoms with E-state index >= 15 is 0 Å². The molecule has 5 rings (SSSR count). The normalized spacial score (nSPS) is 13.4. The molecule has 11 heteroatoms. The van der Waals surface area contributed by atoms with Gasteiger partial charge in [0, 0.05) is 53.2 Å². The first-order valence-electron chi connectivity index (χ1n) is 11.9. The number of piperazine rings is 1. The van der Waals surface area contributed by atoms with Gasteiger partial charge in [0.25, 0.3) is 11.1 Å². The van der Waals surface area contributed by atoms with E-state index in [1.54, 1.807) is 4.90 Å². The van der Waals surface area contributed by atoms with Crippen LogP contribution in [0.3, 0.4) is 0 Å². The molecule has 0 saturated carbocycles. The Kier molecular flexibility index (Phi) is 8.04. The van der Waals surface area contributed by atoms with Crippen LogP contribution in [0.1, 0.15) is 10.4 Å². The first-order valence-corrected chi connectivity index (χ1v) is 13.6. The number of thioether (sulfide) groups is 1. The van der Waals surface area contributed by atoms with Gasteiger partial charge in [0.05, 0.1) is 5.75 Å². The summed E-state index contributed by atoms with van der Waals surface area (Å²) in [6, 6.07) is 20.8. The first kappa shape index (κ1) is 25.9. The van der Waals surface area contributed by atoms with E-state index in [-0.39, 0.29) is 23.4 Å². The van der Waals surface area contributed by atoms with Gasteiger partial charge in [-0.1, -0.05) is 27.7 Å². The zero-order chi connectivity index (χ0) is 26.5. The van der Waals surface area contributed by atoms with Crippen molar-refractivity contribution in [2.24, 2.45) is 0 Å². The van der Waals surface area contributed by atoms with E-state index in [0.29, 0.717) is 48.5 Å². The molecule has 4 aromatic rings. The number of amides is 2. The highest BCUT2D eigenvalue weighted by molar-refractivity contribution is 9.10. The van der Waals surface area contributed by atoms with Crippen LogP contribution in [0.15, 0.2) is 86.9 Å². The van der Waals surface area contributed by atoms with Gasteiger partial charge in [-0.3, -0.25) is 9.59 Å². The number of nitrogens with zero attached hydrogens (tertiary/aromatic N) is 4. The lowest BCUT2D eigenvalue weighted by molar-refractivity contribution is -0.113. The van der Waals surface area contributed by atoms with Crippen LogP contribution in [-0.2, 0) is 4.79 Å². The highest BCUT2D eigenvalue weighted by atomic mass is 79.9. The lowest BCUT2D eigenvalue weighted by Gasteiger charge is -2.36. The lowest BCUT2D eigenvalue weighted by atomic mass is 10.1. The van der Waals surface area contributed by atoms with Crippen molar-refractivity contribution in [1.29, 1.82) is 0 Å². The van der Waals surface area contributed by atoms with Crippen molar-refractivity contribution in [3.05, 3.63) is 88.6 Å². The van der Waals surface area contributed by atoms with Crippen molar-refractivity contribution in [3.63, 3.8) is 0 Å². The van der Waals surface area contributed by atoms with Gasteiger partial charge in [0.1, 0.15) is 5.82 Å². The van der Waals surface area contributed by atoms with Gasteiger partial charge < -0.3 is 19.5 Å². The van der Waals surface area contributed by atoms with Gasteiger partial charge in [-0.25, -0.2) is 4.39 Å². The molecule has 1 N–H and O–H groups in total. The van der Waals surface area contributed by atoms with Crippen molar-refractivity contribution in [2.75, 3.05) is 42.1 Å². The standard InChI is InChI=1S/C27H23BrFN5O3S/c28-20-5-1-18(2-6-20)25-31-32-27(37-25)38-17-24(35)30-22-9-11-23(12-10-22)33-13-15-34(16-14-33)26(36)19-3-7-21(29)8-4-19/h1-12H,13-17H2,(H,30,35). The summed E-state index contributed by atoms with van der Waals surface area (Å²) in [6.45, 7) is 2.51. The molecule has 1 aliphatic heterocycles. The molecule has 3 aromatic carbocycles. The van der Waals surface area contributed by atoms with E-state index in [1.807, 2.05) is 48.5 Å². The van der Waals surface area contributed by atoms with E-state index in [2.05, 4.69) is 36.3 Å². The topological polar surface area (TPSA) is 91.6 Å². The van der Waals surface area contributed by atoms with E-state index < -0.39 is 0 Å². The average Bonchev–Trinajstić information content (AvgIpc) is 3.42. The summed E-state index contributed by atoms with van der Waals surface area (Å²) in [5.41, 5.74) is 2.99. The molecule has 8 nitrogen and oxygen atoms in total. The minimum atomic E-state index is -0.359. The molecule has 2 amide bonds. The summed E-state index contributed by atoms with van der Waals surface area (Å²) < 4.78 is 19.7. The number of aromatic nitrogens is 2. The molecule has 1 fully saturated rings. The van der Waals surface area contributed by atoms with Crippen LogP contribution in [0.4, 0.5) is 15.8 Å². The van der Waals surface area contributed by atoms with Gasteiger partial charge in [-0.05, 0) is 72.8 Å². The zero-order valence-electron chi connectivity index (χ0n) is 20.1. The Bertz CT molecular complexity index is 1410. The third kappa shape index (κ3) is 6.40. The molecule has 0 bridgehead atoms. The maximum Gasteiger partial charge on any atom is 0.277 e. The molecule has 0 unspecified atom stereocenters. The molecular weight excluding hydrogens is 573 g/mol. The zero-order valence-corrected chi connectivity index (χ0v) is 22.5. The van der Waals surface area contributed by atoms with Gasteiger partial charge in [0.2, 0.25) is 11.8 Å². The lowest BCUT2D eigenvalue weighted by Crippen LogP contribution is -2.48. The van der Waals surface area contributed by atoms with Crippen LogP contribution in [-0.4, -0.2) is 58.8 Å². The van der Waals surface area contributed by atoms with E-state index in [9.17, 15) is 14.0 Å². The SMILES string of the molecule is O=C(CSc1nnc(-c2ccc(Br)cc2)o1)Nc1ccc(N2CCN(C(=O)c3ccc(F)cc3)CC2)cc1. The number of carbonyl (C=O) groups is 2. The molecule has 0 spiro atoms.